The molecule has 178 valence electrons. The molecule has 5 heteroatoms. The molecule has 0 bridgehead atoms. The highest BCUT2D eigenvalue weighted by Crippen LogP contribution is 2.20. The van der Waals surface area contributed by atoms with Crippen molar-refractivity contribution < 1.29 is 9.59 Å². The number of hydrogen-bond acceptors (Lipinski definition) is 2. The summed E-state index contributed by atoms with van der Waals surface area (Å²) in [5, 5.41) is 3.10. The van der Waals surface area contributed by atoms with Crippen LogP contribution >= 0.6 is 15.9 Å². The molecule has 0 aliphatic heterocycles. The Labute approximate surface area is 211 Å². The molecule has 0 fully saturated rings. The van der Waals surface area contributed by atoms with Gasteiger partial charge in [-0.3, -0.25) is 9.59 Å². The monoisotopic (exact) mass is 520 g/mol. The summed E-state index contributed by atoms with van der Waals surface area (Å²) < 4.78 is 0.940. The van der Waals surface area contributed by atoms with Gasteiger partial charge in [-0.25, -0.2) is 0 Å². The Morgan fingerprint density at radius 1 is 0.882 bits per heavy atom. The maximum absolute atomic E-state index is 13.7. The highest BCUT2D eigenvalue weighted by Gasteiger charge is 2.32. The second-order valence-corrected chi connectivity index (χ2v) is 10.7. The van der Waals surface area contributed by atoms with Crippen molar-refractivity contribution in [1.82, 2.24) is 10.2 Å². The van der Waals surface area contributed by atoms with E-state index in [1.165, 1.54) is 0 Å². The summed E-state index contributed by atoms with van der Waals surface area (Å²) in [6.07, 6.45) is 0.679. The van der Waals surface area contributed by atoms with Gasteiger partial charge in [0.1, 0.15) is 6.04 Å². The number of amides is 2. The van der Waals surface area contributed by atoms with Crippen LogP contribution in [0.3, 0.4) is 0 Å². The van der Waals surface area contributed by atoms with E-state index in [1.807, 2.05) is 107 Å². The van der Waals surface area contributed by atoms with Crippen LogP contribution in [0.25, 0.3) is 0 Å². The maximum atomic E-state index is 13.7. The number of nitrogens with zero attached hydrogens (tertiary/aromatic N) is 1. The minimum atomic E-state index is -0.640. The Hall–Kier alpha value is -2.92. The Bertz CT molecular complexity index is 1100. The predicted octanol–water partition coefficient (Wildman–Crippen LogP) is 5.85. The molecule has 34 heavy (non-hydrogen) atoms. The van der Waals surface area contributed by atoms with Crippen molar-refractivity contribution in [2.45, 2.75) is 58.7 Å². The van der Waals surface area contributed by atoms with Crippen LogP contribution in [0.15, 0.2) is 83.3 Å². The van der Waals surface area contributed by atoms with Gasteiger partial charge in [-0.05, 0) is 56.5 Å². The number of carbonyl (C=O) groups is 2. The second-order valence-electron chi connectivity index (χ2n) is 9.76. The highest BCUT2D eigenvalue weighted by atomic mass is 79.9. The number of aryl methyl sites for hydroxylation is 1. The van der Waals surface area contributed by atoms with Gasteiger partial charge in [0.05, 0.1) is 6.42 Å². The van der Waals surface area contributed by atoms with Crippen LogP contribution in [0.1, 0.15) is 43.0 Å². The van der Waals surface area contributed by atoms with Crippen molar-refractivity contribution in [3.05, 3.63) is 106 Å². The predicted molar refractivity (Wildman–Crippen MR) is 141 cm³/mol. The van der Waals surface area contributed by atoms with Crippen molar-refractivity contribution in [3.8, 4) is 0 Å². The zero-order chi connectivity index (χ0) is 24.7. The molecule has 0 aromatic heterocycles. The lowest BCUT2D eigenvalue weighted by Crippen LogP contribution is -2.54. The summed E-state index contributed by atoms with van der Waals surface area (Å²) in [5.41, 5.74) is 3.65. The minimum Gasteiger partial charge on any atom is -0.350 e. The maximum Gasteiger partial charge on any atom is 0.243 e. The van der Waals surface area contributed by atoms with Gasteiger partial charge in [0.2, 0.25) is 11.8 Å². The lowest BCUT2D eigenvalue weighted by atomic mass is 9.99. The van der Waals surface area contributed by atoms with Gasteiger partial charge in [0, 0.05) is 23.0 Å². The molecule has 1 N–H and O–H groups in total. The molecule has 3 rings (SSSR count). The molecule has 1 unspecified atom stereocenters. The number of benzene rings is 3. The Balaban J connectivity index is 1.98. The van der Waals surface area contributed by atoms with Crippen LogP contribution < -0.4 is 5.32 Å². The fourth-order valence-corrected chi connectivity index (χ4v) is 4.27. The molecule has 0 radical (unpaired) electrons. The van der Waals surface area contributed by atoms with Crippen molar-refractivity contribution in [2.24, 2.45) is 0 Å². The van der Waals surface area contributed by atoms with E-state index >= 15 is 0 Å². The Kier molecular flexibility index (Phi) is 8.67. The smallest absolute Gasteiger partial charge is 0.243 e. The zero-order valence-corrected chi connectivity index (χ0v) is 21.9. The first-order valence-corrected chi connectivity index (χ1v) is 12.4. The molecule has 0 spiro atoms. The third-order valence-corrected chi connectivity index (χ3v) is 5.98. The number of halogens is 1. The lowest BCUT2D eigenvalue weighted by molar-refractivity contribution is -0.141. The van der Waals surface area contributed by atoms with Crippen LogP contribution in [-0.4, -0.2) is 28.3 Å². The molecular formula is C29H33BrN2O2. The number of nitrogens with one attached hydrogen (secondary N) is 1. The third-order valence-electron chi connectivity index (χ3n) is 5.49. The average Bonchev–Trinajstić information content (AvgIpc) is 2.77. The van der Waals surface area contributed by atoms with E-state index < -0.39 is 11.6 Å². The highest BCUT2D eigenvalue weighted by molar-refractivity contribution is 9.10. The summed E-state index contributed by atoms with van der Waals surface area (Å²) in [4.78, 5) is 29.0. The fraction of sp³-hybridized carbons (Fsp3) is 0.310. The topological polar surface area (TPSA) is 49.4 Å². The largest absolute Gasteiger partial charge is 0.350 e. The van der Waals surface area contributed by atoms with Crippen molar-refractivity contribution in [3.63, 3.8) is 0 Å². The van der Waals surface area contributed by atoms with Crippen molar-refractivity contribution >= 4 is 27.7 Å². The molecule has 0 heterocycles. The molecule has 0 saturated carbocycles. The van der Waals surface area contributed by atoms with Gasteiger partial charge < -0.3 is 10.2 Å². The SMILES string of the molecule is Cc1ccc(CC(=O)N(Cc2cccc(Br)c2)C(Cc2ccccc2)C(=O)NC(C)(C)C)cc1. The molecule has 0 aliphatic carbocycles. The Morgan fingerprint density at radius 2 is 1.53 bits per heavy atom. The molecule has 0 aliphatic rings. The number of hydrogen-bond donors (Lipinski definition) is 1. The molecule has 1 atom stereocenters. The molecule has 2 amide bonds. The van der Waals surface area contributed by atoms with Gasteiger partial charge >= 0.3 is 0 Å². The first-order chi connectivity index (χ1) is 16.1. The van der Waals surface area contributed by atoms with Crippen LogP contribution in [0, 0.1) is 6.92 Å². The van der Waals surface area contributed by atoms with E-state index in [4.69, 9.17) is 0 Å². The third kappa shape index (κ3) is 7.84. The first-order valence-electron chi connectivity index (χ1n) is 11.6. The quantitative estimate of drug-likeness (QED) is 0.404. The van der Waals surface area contributed by atoms with Crippen LogP contribution in [0.5, 0.6) is 0 Å². The second kappa shape index (κ2) is 11.5. The average molecular weight is 521 g/mol. The standard InChI is InChI=1S/C29H33BrN2O2/c1-21-13-15-23(16-14-21)19-27(33)32(20-24-11-8-12-25(30)17-24)26(28(34)31-29(2,3)4)18-22-9-6-5-7-10-22/h5-17,26H,18-20H2,1-4H3,(H,31,34). The lowest BCUT2D eigenvalue weighted by Gasteiger charge is -2.34. The van der Waals surface area contributed by atoms with E-state index in [2.05, 4.69) is 21.2 Å². The van der Waals surface area contributed by atoms with Gasteiger partial charge in [-0.1, -0.05) is 88.2 Å². The van der Waals surface area contributed by atoms with E-state index in [0.29, 0.717) is 13.0 Å². The zero-order valence-electron chi connectivity index (χ0n) is 20.3. The summed E-state index contributed by atoms with van der Waals surface area (Å²) in [7, 11) is 0. The first kappa shape index (κ1) is 25.7. The van der Waals surface area contributed by atoms with E-state index in [1.54, 1.807) is 4.90 Å². The molecule has 3 aromatic rings. The number of rotatable bonds is 8. The van der Waals surface area contributed by atoms with Gasteiger partial charge in [-0.2, -0.15) is 0 Å². The van der Waals surface area contributed by atoms with Gasteiger partial charge in [0.15, 0.2) is 0 Å². The van der Waals surface area contributed by atoms with Gasteiger partial charge in [0.25, 0.3) is 0 Å². The Morgan fingerprint density at radius 3 is 2.15 bits per heavy atom. The molecule has 3 aromatic carbocycles. The number of carbonyl (C=O) groups excluding carboxylic acids is 2. The summed E-state index contributed by atoms with van der Waals surface area (Å²) in [6.45, 7) is 8.24. The molecule has 0 saturated heterocycles. The summed E-state index contributed by atoms with van der Waals surface area (Å²) in [6, 6.07) is 25.1. The molecule has 4 nitrogen and oxygen atoms in total. The van der Waals surface area contributed by atoms with E-state index in [-0.39, 0.29) is 18.2 Å². The summed E-state index contributed by atoms with van der Waals surface area (Å²) >= 11 is 3.53. The van der Waals surface area contributed by atoms with Crippen molar-refractivity contribution in [2.75, 3.05) is 0 Å². The normalized spacial score (nSPS) is 12.1. The van der Waals surface area contributed by atoms with Crippen LogP contribution in [0.4, 0.5) is 0 Å². The fourth-order valence-electron chi connectivity index (χ4n) is 3.82. The van der Waals surface area contributed by atoms with Crippen molar-refractivity contribution in [1.29, 1.82) is 0 Å². The van der Waals surface area contributed by atoms with E-state index in [0.717, 1.165) is 26.7 Å². The minimum absolute atomic E-state index is 0.0752. The summed E-state index contributed by atoms with van der Waals surface area (Å²) in [5.74, 6) is -0.225. The molecular weight excluding hydrogens is 488 g/mol. The van der Waals surface area contributed by atoms with Crippen LogP contribution in [0.2, 0.25) is 0 Å². The van der Waals surface area contributed by atoms with E-state index in [9.17, 15) is 9.59 Å². The van der Waals surface area contributed by atoms with Gasteiger partial charge in [-0.15, -0.1) is 0 Å². The van der Waals surface area contributed by atoms with Crippen LogP contribution in [-0.2, 0) is 29.0 Å².